The summed E-state index contributed by atoms with van der Waals surface area (Å²) in [6.45, 7) is 6.56. The van der Waals surface area contributed by atoms with Gasteiger partial charge in [0.1, 0.15) is 36.3 Å². The Hall–Kier alpha value is -6.89. The average Bonchev–Trinajstić information content (AvgIpc) is 3.26. The third-order valence-corrected chi connectivity index (χ3v) is 10.2. The third-order valence-electron chi connectivity index (χ3n) is 10.2. The molecular weight excluding hydrogens is 905 g/mol. The number of carboxylic acid groups (broad SMARTS) is 3. The molecule has 0 aliphatic heterocycles. The van der Waals surface area contributed by atoms with E-state index < -0.39 is 127 Å². The number of hydrogen-bond donors (Lipinski definition) is 14. The lowest BCUT2D eigenvalue weighted by Crippen LogP contribution is -2.59. The average molecular weight is 977 g/mol. The molecule has 7 unspecified atom stereocenters. The maximum Gasteiger partial charge on any atom is 0.326 e. The molecule has 18 N–H and O–H groups in total. The molecule has 25 heteroatoms. The van der Waals surface area contributed by atoms with Crippen molar-refractivity contribution in [3.8, 4) is 0 Å². The van der Waals surface area contributed by atoms with Crippen LogP contribution in [0.1, 0.15) is 97.5 Å². The summed E-state index contributed by atoms with van der Waals surface area (Å²) in [5.41, 5.74) is 23.1. The molecule has 0 spiro atoms. The first-order valence-electron chi connectivity index (χ1n) is 22.7. The summed E-state index contributed by atoms with van der Waals surface area (Å²) in [6, 6.07) is -1.09. The van der Waals surface area contributed by atoms with E-state index in [0.717, 1.165) is 0 Å². The predicted molar refractivity (Wildman–Crippen MR) is 251 cm³/mol. The minimum Gasteiger partial charge on any atom is -0.481 e. The Kier molecular flexibility index (Phi) is 27.9. The van der Waals surface area contributed by atoms with E-state index in [4.69, 9.17) is 22.9 Å². The van der Waals surface area contributed by atoms with Gasteiger partial charge in [-0.3, -0.25) is 48.1 Å². The fourth-order valence-electron chi connectivity index (χ4n) is 6.73. The van der Waals surface area contributed by atoms with E-state index >= 15 is 0 Å². The summed E-state index contributed by atoms with van der Waals surface area (Å²) in [6.07, 6.45) is -0.957. The highest BCUT2D eigenvalue weighted by molar-refractivity contribution is 5.97. The highest BCUT2D eigenvalue weighted by atomic mass is 16.4. The molecule has 0 saturated heterocycles. The molecule has 0 bridgehead atoms. The van der Waals surface area contributed by atoms with Gasteiger partial charge >= 0.3 is 17.9 Å². The Morgan fingerprint density at radius 3 is 1.62 bits per heavy atom. The second-order valence-corrected chi connectivity index (χ2v) is 17.3. The van der Waals surface area contributed by atoms with Gasteiger partial charge in [0, 0.05) is 19.4 Å². The minimum atomic E-state index is -1.83. The molecule has 0 radical (unpaired) electrons. The number of carbonyl (C=O) groups excluding carboxylic acids is 7. The number of rotatable bonds is 34. The molecule has 0 aliphatic rings. The van der Waals surface area contributed by atoms with Gasteiger partial charge in [0.25, 0.3) is 0 Å². The van der Waals surface area contributed by atoms with Crippen molar-refractivity contribution in [2.24, 2.45) is 39.8 Å². The van der Waals surface area contributed by atoms with E-state index in [0.29, 0.717) is 18.4 Å². The summed E-state index contributed by atoms with van der Waals surface area (Å²) in [4.78, 5) is 133. The van der Waals surface area contributed by atoms with Crippen LogP contribution in [-0.4, -0.2) is 142 Å². The molecule has 7 atom stereocenters. The fraction of sp³-hybridized carbons (Fsp3) is 0.614. The quantitative estimate of drug-likeness (QED) is 0.0190. The molecule has 0 heterocycles. The first kappa shape index (κ1) is 60.1. The molecular formula is C44H72N12O13. The molecule has 386 valence electrons. The molecule has 1 rings (SSSR count). The highest BCUT2D eigenvalue weighted by Crippen LogP contribution is 2.11. The maximum absolute atomic E-state index is 14.0. The monoisotopic (exact) mass is 977 g/mol. The summed E-state index contributed by atoms with van der Waals surface area (Å²) in [5.74, 6) is -11.0. The number of carbonyl (C=O) groups is 10. The van der Waals surface area contributed by atoms with Crippen molar-refractivity contribution >= 4 is 65.2 Å². The first-order chi connectivity index (χ1) is 32.4. The lowest BCUT2D eigenvalue weighted by molar-refractivity contribution is -0.143. The van der Waals surface area contributed by atoms with Crippen LogP contribution in [0.5, 0.6) is 0 Å². The molecule has 1 aromatic carbocycles. The third kappa shape index (κ3) is 25.7. The largest absolute Gasteiger partial charge is 0.481 e. The van der Waals surface area contributed by atoms with E-state index in [1.807, 2.05) is 0 Å². The summed E-state index contributed by atoms with van der Waals surface area (Å²) >= 11 is 0. The van der Waals surface area contributed by atoms with E-state index in [1.54, 1.807) is 58.0 Å². The number of nitrogens with two attached hydrogens (primary N) is 4. The molecule has 7 amide bonds. The van der Waals surface area contributed by atoms with Gasteiger partial charge in [0.05, 0.1) is 19.0 Å². The Balaban J connectivity index is 3.36. The normalized spacial score (nSPS) is 14.0. The van der Waals surface area contributed by atoms with Gasteiger partial charge in [-0.2, -0.15) is 0 Å². The van der Waals surface area contributed by atoms with E-state index in [9.17, 15) is 63.3 Å². The zero-order valence-corrected chi connectivity index (χ0v) is 39.7. The van der Waals surface area contributed by atoms with Gasteiger partial charge in [0.2, 0.25) is 41.4 Å². The fourth-order valence-corrected chi connectivity index (χ4v) is 6.73. The van der Waals surface area contributed by atoms with Crippen LogP contribution in [0, 0.1) is 11.8 Å². The van der Waals surface area contributed by atoms with Gasteiger partial charge in [-0.05, 0) is 75.3 Å². The molecule has 0 aromatic heterocycles. The zero-order chi connectivity index (χ0) is 52.2. The molecule has 69 heavy (non-hydrogen) atoms. The number of nitrogens with one attached hydrogen (secondary N) is 7. The molecule has 25 nitrogen and oxygen atoms in total. The Morgan fingerprint density at radius 1 is 0.580 bits per heavy atom. The van der Waals surface area contributed by atoms with Gasteiger partial charge in [-0.15, -0.1) is 0 Å². The van der Waals surface area contributed by atoms with Crippen LogP contribution in [-0.2, 0) is 54.4 Å². The standard InChI is InChI=1S/C44H72N12O13/c1-24(2)19-27(46)37(62)52-30(15-16-35(58)59)41(66)55-32(22-36(60)61)38(63)50-23-34(57)51-28(14-10-18-49-44(47)48)39(64)53-29(13-8-9-17-45)40(65)54-31(21-26-11-6-5-7-12-26)42(67)56-33(43(68)69)20-25(3)4/h5-7,11-12,24-25,27-33H,8-10,13-23,45-46H2,1-4H3,(H,50,63)(H,51,57)(H,52,62)(H,53,64)(H,54,65)(H,55,66)(H,56,67)(H,58,59)(H,60,61)(H,68,69)(H4,47,48,49). The van der Waals surface area contributed by atoms with Crippen LogP contribution >= 0.6 is 0 Å². The predicted octanol–water partition coefficient (Wildman–Crippen LogP) is -2.72. The highest BCUT2D eigenvalue weighted by Gasteiger charge is 2.33. The Bertz CT molecular complexity index is 1910. The smallest absolute Gasteiger partial charge is 0.326 e. The lowest BCUT2D eigenvalue weighted by Gasteiger charge is -2.26. The number of aliphatic imine (C=N–C) groups is 1. The number of guanidine groups is 1. The molecule has 0 fully saturated rings. The number of amides is 7. The van der Waals surface area contributed by atoms with Crippen molar-refractivity contribution in [1.29, 1.82) is 0 Å². The van der Waals surface area contributed by atoms with Crippen molar-refractivity contribution in [3.63, 3.8) is 0 Å². The van der Waals surface area contributed by atoms with Crippen molar-refractivity contribution in [2.45, 2.75) is 141 Å². The van der Waals surface area contributed by atoms with Crippen molar-refractivity contribution in [1.82, 2.24) is 37.2 Å². The minimum absolute atomic E-state index is 0.0103. The van der Waals surface area contributed by atoms with E-state index in [2.05, 4.69) is 42.2 Å². The summed E-state index contributed by atoms with van der Waals surface area (Å²) in [7, 11) is 0. The Morgan fingerprint density at radius 2 is 1.09 bits per heavy atom. The van der Waals surface area contributed by atoms with E-state index in [-0.39, 0.29) is 69.4 Å². The van der Waals surface area contributed by atoms with Crippen LogP contribution in [0.4, 0.5) is 0 Å². The van der Waals surface area contributed by atoms with Crippen molar-refractivity contribution in [2.75, 3.05) is 19.6 Å². The van der Waals surface area contributed by atoms with Crippen LogP contribution in [0.2, 0.25) is 0 Å². The number of carboxylic acids is 3. The number of nitrogens with zero attached hydrogens (tertiary/aromatic N) is 1. The number of unbranched alkanes of at least 4 members (excludes halogenated alkanes) is 1. The number of aliphatic carboxylic acids is 3. The Labute approximate surface area is 400 Å². The second kappa shape index (κ2) is 32.0. The van der Waals surface area contributed by atoms with Crippen LogP contribution in [0.25, 0.3) is 0 Å². The number of benzene rings is 1. The second-order valence-electron chi connectivity index (χ2n) is 17.3. The number of hydrogen-bond acceptors (Lipinski definition) is 13. The van der Waals surface area contributed by atoms with E-state index in [1.165, 1.54) is 0 Å². The lowest BCUT2D eigenvalue weighted by atomic mass is 10.0. The molecule has 0 saturated carbocycles. The van der Waals surface area contributed by atoms with Gasteiger partial charge in [-0.1, -0.05) is 58.0 Å². The first-order valence-corrected chi connectivity index (χ1v) is 22.7. The van der Waals surface area contributed by atoms with Crippen LogP contribution in [0.3, 0.4) is 0 Å². The van der Waals surface area contributed by atoms with Crippen molar-refractivity contribution < 1.29 is 63.3 Å². The summed E-state index contributed by atoms with van der Waals surface area (Å²) in [5, 5.41) is 45.5. The summed E-state index contributed by atoms with van der Waals surface area (Å²) < 4.78 is 0. The molecule has 1 aromatic rings. The van der Waals surface area contributed by atoms with Crippen LogP contribution < -0.4 is 60.2 Å². The SMILES string of the molecule is CC(C)CC(N)C(=O)NC(CCC(=O)O)C(=O)NC(CC(=O)O)C(=O)NCC(=O)NC(CCCN=C(N)N)C(=O)NC(CCCCN)C(=O)NC(Cc1ccccc1)C(=O)NC(CC(C)C)C(=O)O. The van der Waals surface area contributed by atoms with Gasteiger partial charge in [-0.25, -0.2) is 4.79 Å². The van der Waals surface area contributed by atoms with Gasteiger partial charge < -0.3 is 75.5 Å². The topological polar surface area (TPSA) is 432 Å². The zero-order valence-electron chi connectivity index (χ0n) is 39.7. The maximum atomic E-state index is 14.0. The van der Waals surface area contributed by atoms with Crippen LogP contribution in [0.15, 0.2) is 35.3 Å². The van der Waals surface area contributed by atoms with Crippen molar-refractivity contribution in [3.05, 3.63) is 35.9 Å². The van der Waals surface area contributed by atoms with Gasteiger partial charge in [0.15, 0.2) is 5.96 Å². The molecule has 0 aliphatic carbocycles.